The number of methoxy groups -OCH3 is 1. The van der Waals surface area contributed by atoms with Crippen molar-refractivity contribution in [2.45, 2.75) is 59.4 Å². The summed E-state index contributed by atoms with van der Waals surface area (Å²) < 4.78 is 7.45. The fourth-order valence-electron chi connectivity index (χ4n) is 3.51. The maximum atomic E-state index is 13.1. The van der Waals surface area contributed by atoms with Crippen LogP contribution in [0, 0.1) is 5.41 Å². The Kier molecular flexibility index (Phi) is 17.6. The molecule has 44 heavy (non-hydrogen) atoms. The summed E-state index contributed by atoms with van der Waals surface area (Å²) >= 11 is 2.29. The molecule has 3 N–H and O–H groups in total. The van der Waals surface area contributed by atoms with Crippen LogP contribution in [0.1, 0.15) is 58.0 Å². The summed E-state index contributed by atoms with van der Waals surface area (Å²) in [5, 5.41) is 2.71. The van der Waals surface area contributed by atoms with Crippen LogP contribution in [0.2, 0.25) is 0 Å². The quantitative estimate of drug-likeness (QED) is 0.0942. The van der Waals surface area contributed by atoms with Crippen LogP contribution in [-0.2, 0) is 27.3 Å². The van der Waals surface area contributed by atoms with Gasteiger partial charge in [-0.25, -0.2) is 19.7 Å². The Morgan fingerprint density at radius 3 is 2.45 bits per heavy atom. The summed E-state index contributed by atoms with van der Waals surface area (Å²) in [5.74, 6) is 0.483. The first-order valence-corrected chi connectivity index (χ1v) is 17.9. The molecule has 0 saturated heterocycles. The van der Waals surface area contributed by atoms with Gasteiger partial charge in [0.15, 0.2) is 5.65 Å². The third-order valence-electron chi connectivity index (χ3n) is 5.58. The molecule has 0 radical (unpaired) electrons. The first kappa shape index (κ1) is 38.8. The number of ether oxygens (including phenoxy) is 1. The molecule has 3 aromatic rings. The minimum absolute atomic E-state index is 0.179. The average molecular weight is 743 g/mol. The van der Waals surface area contributed by atoms with Crippen molar-refractivity contribution >= 4 is 63.6 Å². The molecule has 15 heteroatoms. The minimum Gasteiger partial charge on any atom is -0.453 e. The zero-order valence-electron chi connectivity index (χ0n) is 26.5. The number of rotatable bonds is 11. The van der Waals surface area contributed by atoms with Crippen LogP contribution in [-0.4, -0.2) is 75.3 Å². The first-order valence-electron chi connectivity index (χ1n) is 13.9. The molecule has 0 saturated carbocycles. The number of pyridine rings is 1. The number of carbonyl (C=O) groups excluding carboxylic acids is 3. The van der Waals surface area contributed by atoms with E-state index in [2.05, 4.69) is 68.6 Å². The second-order valence-corrected chi connectivity index (χ2v) is 13.3. The van der Waals surface area contributed by atoms with Crippen molar-refractivity contribution in [3.8, 4) is 0 Å². The summed E-state index contributed by atoms with van der Waals surface area (Å²) in [5.41, 5.74) is 7.00. The number of hydrogen-bond donors (Lipinski definition) is 2. The lowest BCUT2D eigenvalue weighted by atomic mass is 9.90. The summed E-state index contributed by atoms with van der Waals surface area (Å²) in [7, 11) is 7.22. The number of imidazole rings is 1. The van der Waals surface area contributed by atoms with E-state index in [1.54, 1.807) is 35.3 Å². The van der Waals surface area contributed by atoms with E-state index in [1.807, 2.05) is 30.4 Å². The summed E-state index contributed by atoms with van der Waals surface area (Å²) in [4.78, 5) is 60.8. The number of unbranched alkanes of at least 4 members (excludes halogenated alkanes) is 1. The highest BCUT2D eigenvalue weighted by Gasteiger charge is 2.19. The number of carbonyl (C=O) groups is 3. The van der Waals surface area contributed by atoms with E-state index >= 15 is 0 Å². The van der Waals surface area contributed by atoms with Crippen molar-refractivity contribution in [2.75, 3.05) is 33.6 Å². The minimum atomic E-state index is -0.745. The number of fused-ring (bicyclic) bond motifs is 1. The number of primary amides is 1. The van der Waals surface area contributed by atoms with E-state index in [-0.39, 0.29) is 35.5 Å². The lowest BCUT2D eigenvalue weighted by molar-refractivity contribution is -0.116. The van der Waals surface area contributed by atoms with Crippen LogP contribution >= 0.6 is 28.4 Å². The number of aryl methyl sites for hydroxylation is 1. The second kappa shape index (κ2) is 19.9. The number of aldehydes is 1. The van der Waals surface area contributed by atoms with Crippen LogP contribution in [0.4, 0.5) is 10.5 Å². The molecule has 2 amide bonds. The van der Waals surface area contributed by atoms with Gasteiger partial charge in [-0.1, -0.05) is 26.8 Å². The Morgan fingerprint density at radius 1 is 1.23 bits per heavy atom. The molecule has 242 valence electrons. The van der Waals surface area contributed by atoms with Gasteiger partial charge in [-0.05, 0) is 92.5 Å². The smallest absolute Gasteiger partial charge is 0.404 e. The zero-order chi connectivity index (χ0) is 33.3. The van der Waals surface area contributed by atoms with Crippen molar-refractivity contribution in [3.05, 3.63) is 58.7 Å². The van der Waals surface area contributed by atoms with Gasteiger partial charge < -0.3 is 25.3 Å². The standard InChI is InChI=1S/C24H30IN6O3P.C3H9N.C2H5NO2/c1-24(2,3)12-11-17-21-22(27-16-26-17)31(35-25)19(29-21)15-30-13-8-9-18(23(30)34)28-20(33)10-6-4-5-7-14-32;1-4(2)3;1-5-2(3)4/h5,7-9,13-14,16,35H,4,6,10-12,15H2,1-3H3,(H,28,33);1-3H3;1H3,(H2,3,4)/b7-5+;;. The van der Waals surface area contributed by atoms with Crippen molar-refractivity contribution in [1.29, 1.82) is 0 Å². The van der Waals surface area contributed by atoms with Crippen LogP contribution in [0.15, 0.2) is 41.6 Å². The Hall–Kier alpha value is -3.23. The normalized spacial score (nSPS) is 11.3. The molecule has 0 aliphatic rings. The molecule has 1 unspecified atom stereocenters. The third kappa shape index (κ3) is 14.5. The van der Waals surface area contributed by atoms with Gasteiger partial charge in [-0.15, -0.1) is 0 Å². The highest BCUT2D eigenvalue weighted by molar-refractivity contribution is 14.2. The molecular formula is C29H44IN8O5P. The topological polar surface area (TPSA) is 167 Å². The average Bonchev–Trinajstić information content (AvgIpc) is 3.31. The van der Waals surface area contributed by atoms with Crippen molar-refractivity contribution < 1.29 is 19.1 Å². The number of allylic oxidation sites excluding steroid dienone is 2. The van der Waals surface area contributed by atoms with Gasteiger partial charge in [-0.3, -0.25) is 18.7 Å². The maximum Gasteiger partial charge on any atom is 0.404 e. The fourth-order valence-corrected chi connectivity index (χ4v) is 5.49. The molecular weight excluding hydrogens is 698 g/mol. The third-order valence-corrected chi connectivity index (χ3v) is 7.67. The molecule has 0 fully saturated rings. The molecule has 0 spiro atoms. The first-order chi connectivity index (χ1) is 20.7. The summed E-state index contributed by atoms with van der Waals surface area (Å²) in [6.07, 6.45) is 9.97. The lowest BCUT2D eigenvalue weighted by Gasteiger charge is -2.17. The molecule has 0 aliphatic carbocycles. The monoisotopic (exact) mass is 742 g/mol. The number of amides is 2. The maximum absolute atomic E-state index is 13.1. The highest BCUT2D eigenvalue weighted by atomic mass is 127. The van der Waals surface area contributed by atoms with E-state index < -0.39 is 6.09 Å². The number of aromatic nitrogens is 5. The Balaban J connectivity index is 0.000000944. The Morgan fingerprint density at radius 2 is 1.89 bits per heavy atom. The number of nitrogens with one attached hydrogen (secondary N) is 1. The second-order valence-electron chi connectivity index (χ2n) is 11.2. The highest BCUT2D eigenvalue weighted by Crippen LogP contribution is 2.32. The van der Waals surface area contributed by atoms with Gasteiger partial charge in [-0.2, -0.15) is 0 Å². The molecule has 1 atom stereocenters. The zero-order valence-corrected chi connectivity index (χ0v) is 29.6. The molecule has 3 aromatic heterocycles. The number of nitrogens with zero attached hydrogens (tertiary/aromatic N) is 6. The van der Waals surface area contributed by atoms with Crippen LogP contribution < -0.4 is 16.6 Å². The molecule has 13 nitrogen and oxygen atoms in total. The van der Waals surface area contributed by atoms with Crippen molar-refractivity contribution in [2.24, 2.45) is 11.1 Å². The van der Waals surface area contributed by atoms with Gasteiger partial charge in [0.1, 0.15) is 29.6 Å². The number of hydrogen-bond acceptors (Lipinski definition) is 9. The molecule has 3 heterocycles. The summed E-state index contributed by atoms with van der Waals surface area (Å²) in [6.45, 7) is 6.85. The van der Waals surface area contributed by atoms with Crippen molar-refractivity contribution in [1.82, 2.24) is 28.8 Å². The van der Waals surface area contributed by atoms with Gasteiger partial charge in [0.05, 0.1) is 25.7 Å². The van der Waals surface area contributed by atoms with Gasteiger partial charge >= 0.3 is 6.09 Å². The van der Waals surface area contributed by atoms with E-state index in [0.717, 1.165) is 35.5 Å². The van der Waals surface area contributed by atoms with Gasteiger partial charge in [0.2, 0.25) is 5.91 Å². The number of halogens is 1. The molecule has 3 rings (SSSR count). The molecule has 0 aromatic carbocycles. The SMILES string of the molecule is CC(C)(C)CCc1ncnc2c1nc(Cn1cccc(NC(=O)CCC/C=C/C=O)c1=O)n2PI.CN(C)C.COC(N)=O. The van der Waals surface area contributed by atoms with E-state index in [9.17, 15) is 19.2 Å². The number of nitrogens with two attached hydrogens (primary N) is 1. The lowest BCUT2D eigenvalue weighted by Crippen LogP contribution is -2.26. The van der Waals surface area contributed by atoms with Crippen molar-refractivity contribution in [3.63, 3.8) is 0 Å². The van der Waals surface area contributed by atoms with E-state index in [0.29, 0.717) is 25.5 Å². The summed E-state index contributed by atoms with van der Waals surface area (Å²) in [6, 6.07) is 3.33. The molecule has 0 bridgehead atoms. The number of anilines is 1. The predicted octanol–water partition coefficient (Wildman–Crippen LogP) is 4.56. The van der Waals surface area contributed by atoms with E-state index in [1.165, 1.54) is 13.2 Å². The fraction of sp³-hybridized carbons (Fsp3) is 0.483. The van der Waals surface area contributed by atoms with E-state index in [4.69, 9.17) is 4.98 Å². The Bertz CT molecular complexity index is 1450. The Labute approximate surface area is 273 Å². The predicted molar refractivity (Wildman–Crippen MR) is 185 cm³/mol. The van der Waals surface area contributed by atoms with Crippen LogP contribution in [0.5, 0.6) is 0 Å². The largest absolute Gasteiger partial charge is 0.453 e. The molecule has 0 aliphatic heterocycles. The van der Waals surface area contributed by atoms with Crippen LogP contribution in [0.3, 0.4) is 0 Å². The van der Waals surface area contributed by atoms with Gasteiger partial charge in [0, 0.05) is 12.6 Å². The van der Waals surface area contributed by atoms with Gasteiger partial charge in [0.25, 0.3) is 5.56 Å². The van der Waals surface area contributed by atoms with Crippen LogP contribution in [0.25, 0.3) is 11.2 Å².